The summed E-state index contributed by atoms with van der Waals surface area (Å²) in [7, 11) is 1.85. The van der Waals surface area contributed by atoms with Crippen LogP contribution in [0.1, 0.15) is 11.1 Å². The summed E-state index contributed by atoms with van der Waals surface area (Å²) in [6.07, 6.45) is 2.75. The summed E-state index contributed by atoms with van der Waals surface area (Å²) in [6, 6.07) is 4.18. The number of nitrogens with zero attached hydrogens (tertiary/aromatic N) is 2. The normalized spacial score (nSPS) is 13.2. The monoisotopic (exact) mass is 322 g/mol. The quantitative estimate of drug-likeness (QED) is 0.910. The molecular formula is C13H15BrN4O. The van der Waals surface area contributed by atoms with Gasteiger partial charge in [-0.25, -0.2) is 0 Å². The molecule has 0 radical (unpaired) electrons. The van der Waals surface area contributed by atoms with E-state index in [9.17, 15) is 0 Å². The first-order valence-electron chi connectivity index (χ1n) is 6.10. The summed E-state index contributed by atoms with van der Waals surface area (Å²) in [5.74, 6) is 1.69. The molecule has 0 saturated heterocycles. The van der Waals surface area contributed by atoms with E-state index >= 15 is 0 Å². The number of halogens is 1. The zero-order valence-electron chi connectivity index (χ0n) is 10.6. The standard InChI is InChI=1S/C13H15BrN4O/c1-18-7-11(15)13(17-18)16-6-9-5-10(14)4-8-2-3-19-12(8)9/h4-5,7H,2-3,6,15H2,1H3,(H,16,17). The molecule has 1 aliphatic heterocycles. The van der Waals surface area contributed by atoms with Crippen molar-refractivity contribution in [2.24, 2.45) is 7.05 Å². The van der Waals surface area contributed by atoms with Gasteiger partial charge in [-0.05, 0) is 17.7 Å². The highest BCUT2D eigenvalue weighted by molar-refractivity contribution is 9.10. The lowest BCUT2D eigenvalue weighted by atomic mass is 10.1. The van der Waals surface area contributed by atoms with Crippen LogP contribution in [0.15, 0.2) is 22.8 Å². The number of aryl methyl sites for hydroxylation is 1. The third-order valence-corrected chi connectivity index (χ3v) is 3.59. The topological polar surface area (TPSA) is 65.1 Å². The molecule has 0 atom stereocenters. The molecule has 0 saturated carbocycles. The number of nitrogens with one attached hydrogen (secondary N) is 1. The second-order valence-corrected chi connectivity index (χ2v) is 5.53. The summed E-state index contributed by atoms with van der Waals surface area (Å²) in [6.45, 7) is 1.40. The van der Waals surface area contributed by atoms with Gasteiger partial charge in [0, 0.05) is 36.2 Å². The van der Waals surface area contributed by atoms with Gasteiger partial charge in [0.15, 0.2) is 5.82 Å². The molecule has 19 heavy (non-hydrogen) atoms. The van der Waals surface area contributed by atoms with Crippen LogP contribution in [0.3, 0.4) is 0 Å². The van der Waals surface area contributed by atoms with Crippen LogP contribution in [0.2, 0.25) is 0 Å². The molecule has 0 aliphatic carbocycles. The SMILES string of the molecule is Cn1cc(N)c(NCc2cc(Br)cc3c2OCC3)n1. The van der Waals surface area contributed by atoms with Gasteiger partial charge in [0.05, 0.1) is 12.3 Å². The van der Waals surface area contributed by atoms with E-state index in [1.165, 1.54) is 5.56 Å². The van der Waals surface area contributed by atoms with E-state index in [0.29, 0.717) is 18.1 Å². The predicted octanol–water partition coefficient (Wildman–Crippen LogP) is 2.31. The van der Waals surface area contributed by atoms with Gasteiger partial charge in [-0.1, -0.05) is 15.9 Å². The molecule has 3 rings (SSSR count). The molecule has 0 amide bonds. The highest BCUT2D eigenvalue weighted by Crippen LogP contribution is 2.33. The molecule has 0 spiro atoms. The van der Waals surface area contributed by atoms with Crippen LogP contribution >= 0.6 is 15.9 Å². The Morgan fingerprint density at radius 1 is 1.53 bits per heavy atom. The van der Waals surface area contributed by atoms with E-state index in [4.69, 9.17) is 10.5 Å². The number of fused-ring (bicyclic) bond motifs is 1. The Kier molecular flexibility index (Phi) is 3.10. The van der Waals surface area contributed by atoms with Crippen LogP contribution in [-0.2, 0) is 20.0 Å². The Balaban J connectivity index is 1.82. The van der Waals surface area contributed by atoms with Crippen LogP contribution in [0.25, 0.3) is 0 Å². The van der Waals surface area contributed by atoms with E-state index in [-0.39, 0.29) is 0 Å². The molecule has 1 aliphatic rings. The van der Waals surface area contributed by atoms with Gasteiger partial charge in [0.25, 0.3) is 0 Å². The van der Waals surface area contributed by atoms with Crippen molar-refractivity contribution in [3.8, 4) is 5.75 Å². The molecule has 0 unspecified atom stereocenters. The third kappa shape index (κ3) is 2.40. The number of anilines is 2. The Morgan fingerprint density at radius 2 is 2.37 bits per heavy atom. The Bertz CT molecular complexity index is 623. The molecular weight excluding hydrogens is 308 g/mol. The minimum atomic E-state index is 0.642. The maximum atomic E-state index is 5.86. The first-order valence-corrected chi connectivity index (χ1v) is 6.90. The summed E-state index contributed by atoms with van der Waals surface area (Å²) in [4.78, 5) is 0. The number of aromatic nitrogens is 2. The molecule has 1 aromatic heterocycles. The first kappa shape index (κ1) is 12.3. The van der Waals surface area contributed by atoms with Crippen molar-refractivity contribution < 1.29 is 4.74 Å². The van der Waals surface area contributed by atoms with E-state index in [0.717, 1.165) is 28.8 Å². The summed E-state index contributed by atoms with van der Waals surface area (Å²) in [5, 5.41) is 7.52. The number of rotatable bonds is 3. The minimum absolute atomic E-state index is 0.642. The fraction of sp³-hybridized carbons (Fsp3) is 0.308. The number of nitrogen functional groups attached to an aromatic ring is 1. The molecule has 3 N–H and O–H groups in total. The molecule has 2 heterocycles. The third-order valence-electron chi connectivity index (χ3n) is 3.13. The lowest BCUT2D eigenvalue weighted by Gasteiger charge is -2.10. The predicted molar refractivity (Wildman–Crippen MR) is 78.3 cm³/mol. The number of hydrogen-bond acceptors (Lipinski definition) is 4. The lowest BCUT2D eigenvalue weighted by Crippen LogP contribution is -2.04. The van der Waals surface area contributed by atoms with Crippen molar-refractivity contribution in [3.05, 3.63) is 33.9 Å². The van der Waals surface area contributed by atoms with Crippen molar-refractivity contribution in [2.45, 2.75) is 13.0 Å². The second-order valence-electron chi connectivity index (χ2n) is 4.61. The first-order chi connectivity index (χ1) is 9.13. The zero-order valence-corrected chi connectivity index (χ0v) is 12.2. The van der Waals surface area contributed by atoms with Crippen LogP contribution in [0.5, 0.6) is 5.75 Å². The van der Waals surface area contributed by atoms with Gasteiger partial charge in [-0.15, -0.1) is 0 Å². The average Bonchev–Trinajstić information content (AvgIpc) is 2.92. The fourth-order valence-corrected chi connectivity index (χ4v) is 2.85. The van der Waals surface area contributed by atoms with Crippen LogP contribution in [0, 0.1) is 0 Å². The highest BCUT2D eigenvalue weighted by Gasteiger charge is 2.17. The molecule has 2 aromatic rings. The average molecular weight is 323 g/mol. The number of hydrogen-bond donors (Lipinski definition) is 2. The Labute approximate surface area is 119 Å². The fourth-order valence-electron chi connectivity index (χ4n) is 2.30. The van der Waals surface area contributed by atoms with Crippen molar-refractivity contribution >= 4 is 27.4 Å². The molecule has 1 aromatic carbocycles. The van der Waals surface area contributed by atoms with Gasteiger partial charge in [-0.3, -0.25) is 4.68 Å². The summed E-state index contributed by atoms with van der Waals surface area (Å²) < 4.78 is 8.46. The number of nitrogens with two attached hydrogens (primary N) is 1. The highest BCUT2D eigenvalue weighted by atomic mass is 79.9. The Morgan fingerprint density at radius 3 is 3.11 bits per heavy atom. The molecule has 100 valence electrons. The number of ether oxygens (including phenoxy) is 1. The van der Waals surface area contributed by atoms with Gasteiger partial charge in [0.2, 0.25) is 0 Å². The zero-order chi connectivity index (χ0) is 13.4. The molecule has 0 bridgehead atoms. The van der Waals surface area contributed by atoms with Crippen LogP contribution in [-0.4, -0.2) is 16.4 Å². The van der Waals surface area contributed by atoms with Crippen molar-refractivity contribution in [1.29, 1.82) is 0 Å². The Hall–Kier alpha value is -1.69. The molecule has 6 heteroatoms. The largest absolute Gasteiger partial charge is 0.493 e. The van der Waals surface area contributed by atoms with Crippen LogP contribution in [0.4, 0.5) is 11.5 Å². The summed E-state index contributed by atoms with van der Waals surface area (Å²) in [5.41, 5.74) is 8.88. The maximum Gasteiger partial charge on any atom is 0.171 e. The van der Waals surface area contributed by atoms with Crippen LogP contribution < -0.4 is 15.8 Å². The van der Waals surface area contributed by atoms with Gasteiger partial charge >= 0.3 is 0 Å². The van der Waals surface area contributed by atoms with E-state index in [2.05, 4.69) is 38.5 Å². The summed E-state index contributed by atoms with van der Waals surface area (Å²) >= 11 is 3.53. The lowest BCUT2D eigenvalue weighted by molar-refractivity contribution is 0.354. The molecule has 0 fully saturated rings. The van der Waals surface area contributed by atoms with E-state index < -0.39 is 0 Å². The van der Waals surface area contributed by atoms with Crippen molar-refractivity contribution in [3.63, 3.8) is 0 Å². The van der Waals surface area contributed by atoms with Crippen molar-refractivity contribution in [2.75, 3.05) is 17.7 Å². The second kappa shape index (κ2) is 4.77. The van der Waals surface area contributed by atoms with E-state index in [1.54, 1.807) is 10.9 Å². The number of benzene rings is 1. The molecule has 5 nitrogen and oxygen atoms in total. The van der Waals surface area contributed by atoms with Gasteiger partial charge in [0.1, 0.15) is 5.75 Å². The minimum Gasteiger partial charge on any atom is -0.493 e. The van der Waals surface area contributed by atoms with Crippen molar-refractivity contribution in [1.82, 2.24) is 9.78 Å². The van der Waals surface area contributed by atoms with E-state index in [1.807, 2.05) is 7.05 Å². The van der Waals surface area contributed by atoms with Gasteiger partial charge < -0.3 is 15.8 Å². The smallest absolute Gasteiger partial charge is 0.171 e. The maximum absolute atomic E-state index is 5.86. The van der Waals surface area contributed by atoms with Gasteiger partial charge in [-0.2, -0.15) is 5.10 Å².